The first-order valence-corrected chi connectivity index (χ1v) is 9.71. The van der Waals surface area contributed by atoms with Crippen molar-refractivity contribution in [1.82, 2.24) is 15.4 Å². The molecule has 0 aromatic heterocycles. The van der Waals surface area contributed by atoms with Crippen LogP contribution in [0.2, 0.25) is 0 Å². The van der Waals surface area contributed by atoms with Crippen molar-refractivity contribution in [2.24, 2.45) is 4.99 Å². The molecule has 0 saturated carbocycles. The van der Waals surface area contributed by atoms with Crippen LogP contribution in [0.5, 0.6) is 0 Å². The zero-order valence-electron chi connectivity index (χ0n) is 12.7. The minimum Gasteiger partial charge on any atom is -0.355 e. The summed E-state index contributed by atoms with van der Waals surface area (Å²) in [4.78, 5) is 4.16. The van der Waals surface area contributed by atoms with Crippen molar-refractivity contribution in [3.63, 3.8) is 0 Å². The predicted octanol–water partition coefficient (Wildman–Crippen LogP) is 0.375. The van der Waals surface area contributed by atoms with Gasteiger partial charge in [-0.3, -0.25) is 4.99 Å². The van der Waals surface area contributed by atoms with Crippen molar-refractivity contribution in [2.75, 3.05) is 32.1 Å². The predicted molar refractivity (Wildman–Crippen MR) is 86.9 cm³/mol. The Morgan fingerprint density at radius 1 is 1.40 bits per heavy atom. The lowest BCUT2D eigenvalue weighted by Gasteiger charge is -2.26. The third-order valence-electron chi connectivity index (χ3n) is 2.90. The number of aliphatic imine (C=N–C) groups is 1. The standard InChI is InChI=1S/C12H26N4O2S2/c1-12(2,16-20(4,17)18)9-15-11(13-3)14-8-10-6-5-7-19-10/h10,16H,5-9H2,1-4H3,(H2,13,14,15). The lowest BCUT2D eigenvalue weighted by molar-refractivity contribution is 0.446. The monoisotopic (exact) mass is 322 g/mol. The molecule has 0 spiro atoms. The van der Waals surface area contributed by atoms with Gasteiger partial charge in [-0.15, -0.1) is 0 Å². The van der Waals surface area contributed by atoms with Crippen LogP contribution in [0.4, 0.5) is 0 Å². The van der Waals surface area contributed by atoms with Crippen LogP contribution < -0.4 is 15.4 Å². The summed E-state index contributed by atoms with van der Waals surface area (Å²) < 4.78 is 25.1. The Hall–Kier alpha value is -0.470. The molecule has 1 unspecified atom stereocenters. The van der Waals surface area contributed by atoms with Gasteiger partial charge in [0.2, 0.25) is 10.0 Å². The normalized spacial score (nSPS) is 21.0. The molecule has 6 nitrogen and oxygen atoms in total. The van der Waals surface area contributed by atoms with Crippen molar-refractivity contribution < 1.29 is 8.42 Å². The van der Waals surface area contributed by atoms with Gasteiger partial charge in [0.15, 0.2) is 5.96 Å². The van der Waals surface area contributed by atoms with Gasteiger partial charge in [0.25, 0.3) is 0 Å². The van der Waals surface area contributed by atoms with Gasteiger partial charge < -0.3 is 10.6 Å². The first-order chi connectivity index (χ1) is 9.22. The molecule has 20 heavy (non-hydrogen) atoms. The molecular formula is C12H26N4O2S2. The molecule has 0 aliphatic carbocycles. The van der Waals surface area contributed by atoms with Crippen molar-refractivity contribution in [3.8, 4) is 0 Å². The Morgan fingerprint density at radius 2 is 2.10 bits per heavy atom. The van der Waals surface area contributed by atoms with E-state index in [-0.39, 0.29) is 0 Å². The summed E-state index contributed by atoms with van der Waals surface area (Å²) in [5.41, 5.74) is -0.562. The van der Waals surface area contributed by atoms with E-state index >= 15 is 0 Å². The fraction of sp³-hybridized carbons (Fsp3) is 0.917. The quantitative estimate of drug-likeness (QED) is 0.486. The second-order valence-corrected chi connectivity index (χ2v) is 8.86. The molecule has 3 N–H and O–H groups in total. The Kier molecular flexibility index (Phi) is 6.60. The fourth-order valence-electron chi connectivity index (χ4n) is 2.08. The third kappa shape index (κ3) is 7.35. The molecule has 1 heterocycles. The number of hydrogen-bond acceptors (Lipinski definition) is 4. The third-order valence-corrected chi connectivity index (χ3v) is 5.23. The van der Waals surface area contributed by atoms with E-state index in [0.29, 0.717) is 17.8 Å². The number of sulfonamides is 1. The van der Waals surface area contributed by atoms with Crippen LogP contribution in [0.25, 0.3) is 0 Å². The van der Waals surface area contributed by atoms with Gasteiger partial charge in [-0.05, 0) is 32.4 Å². The molecular weight excluding hydrogens is 296 g/mol. The van der Waals surface area contributed by atoms with Crippen molar-refractivity contribution >= 4 is 27.7 Å². The molecule has 0 amide bonds. The lowest BCUT2D eigenvalue weighted by Crippen LogP contribution is -2.53. The molecule has 1 fully saturated rings. The maximum absolute atomic E-state index is 11.3. The minimum absolute atomic E-state index is 0.470. The number of nitrogens with one attached hydrogen (secondary N) is 3. The largest absolute Gasteiger partial charge is 0.355 e. The van der Waals surface area contributed by atoms with E-state index in [2.05, 4.69) is 20.3 Å². The van der Waals surface area contributed by atoms with Crippen LogP contribution >= 0.6 is 11.8 Å². The molecule has 0 aromatic rings. The summed E-state index contributed by atoms with van der Waals surface area (Å²) in [7, 11) is -1.50. The van der Waals surface area contributed by atoms with Gasteiger partial charge >= 0.3 is 0 Å². The average Bonchev–Trinajstić information content (AvgIpc) is 2.79. The number of nitrogens with zero attached hydrogens (tertiary/aromatic N) is 1. The highest BCUT2D eigenvalue weighted by atomic mass is 32.2. The SMILES string of the molecule is CN=C(NCC1CCCS1)NCC(C)(C)NS(C)(=O)=O. The topological polar surface area (TPSA) is 82.6 Å². The summed E-state index contributed by atoms with van der Waals surface area (Å²) >= 11 is 1.99. The van der Waals surface area contributed by atoms with Crippen LogP contribution in [0, 0.1) is 0 Å². The number of guanidine groups is 1. The van der Waals surface area contributed by atoms with Crippen LogP contribution in [-0.2, 0) is 10.0 Å². The molecule has 8 heteroatoms. The second kappa shape index (κ2) is 7.51. The molecule has 0 bridgehead atoms. The van der Waals surface area contributed by atoms with Crippen molar-refractivity contribution in [3.05, 3.63) is 0 Å². The van der Waals surface area contributed by atoms with E-state index in [9.17, 15) is 8.42 Å². The van der Waals surface area contributed by atoms with E-state index in [1.807, 2.05) is 25.6 Å². The number of hydrogen-bond donors (Lipinski definition) is 3. The first-order valence-electron chi connectivity index (χ1n) is 6.77. The molecule has 1 atom stereocenters. The van der Waals surface area contributed by atoms with E-state index < -0.39 is 15.6 Å². The summed E-state index contributed by atoms with van der Waals surface area (Å²) in [6, 6.07) is 0. The second-order valence-electron chi connectivity index (χ2n) is 5.70. The van der Waals surface area contributed by atoms with Crippen molar-refractivity contribution in [2.45, 2.75) is 37.5 Å². The van der Waals surface area contributed by atoms with E-state index in [0.717, 1.165) is 6.54 Å². The Balaban J connectivity index is 2.36. The first kappa shape index (κ1) is 17.6. The van der Waals surface area contributed by atoms with E-state index in [4.69, 9.17) is 0 Å². The highest BCUT2D eigenvalue weighted by molar-refractivity contribution is 8.00. The van der Waals surface area contributed by atoms with E-state index in [1.54, 1.807) is 7.05 Å². The summed E-state index contributed by atoms with van der Waals surface area (Å²) in [5.74, 6) is 1.95. The summed E-state index contributed by atoms with van der Waals surface area (Å²) in [6.45, 7) is 5.03. The molecule has 0 radical (unpaired) electrons. The minimum atomic E-state index is -3.22. The highest BCUT2D eigenvalue weighted by Crippen LogP contribution is 2.25. The lowest BCUT2D eigenvalue weighted by atomic mass is 10.1. The highest BCUT2D eigenvalue weighted by Gasteiger charge is 2.22. The van der Waals surface area contributed by atoms with Crippen LogP contribution in [0.1, 0.15) is 26.7 Å². The smallest absolute Gasteiger partial charge is 0.209 e. The Bertz CT molecular complexity index is 429. The average molecular weight is 323 g/mol. The Labute approximate surface area is 126 Å². The van der Waals surface area contributed by atoms with Gasteiger partial charge in [0.05, 0.1) is 6.26 Å². The van der Waals surface area contributed by atoms with Gasteiger partial charge in [0.1, 0.15) is 0 Å². The number of rotatable bonds is 6. The van der Waals surface area contributed by atoms with Gasteiger partial charge in [-0.1, -0.05) is 0 Å². The van der Waals surface area contributed by atoms with Gasteiger partial charge in [-0.2, -0.15) is 11.8 Å². The van der Waals surface area contributed by atoms with Crippen LogP contribution in [0.3, 0.4) is 0 Å². The Morgan fingerprint density at radius 3 is 2.60 bits per heavy atom. The van der Waals surface area contributed by atoms with Crippen LogP contribution in [0.15, 0.2) is 4.99 Å². The number of thioether (sulfide) groups is 1. The fourth-order valence-corrected chi connectivity index (χ4v) is 4.36. The van der Waals surface area contributed by atoms with Gasteiger partial charge in [0, 0.05) is 30.9 Å². The molecule has 1 rings (SSSR count). The zero-order chi connectivity index (χ0) is 15.2. The molecule has 1 saturated heterocycles. The molecule has 118 valence electrons. The van der Waals surface area contributed by atoms with Gasteiger partial charge in [-0.25, -0.2) is 13.1 Å². The van der Waals surface area contributed by atoms with E-state index in [1.165, 1.54) is 24.9 Å². The van der Waals surface area contributed by atoms with Crippen molar-refractivity contribution in [1.29, 1.82) is 0 Å². The van der Waals surface area contributed by atoms with Crippen LogP contribution in [-0.4, -0.2) is 57.3 Å². The maximum atomic E-state index is 11.3. The summed E-state index contributed by atoms with van der Waals surface area (Å²) in [5, 5.41) is 7.10. The zero-order valence-corrected chi connectivity index (χ0v) is 14.3. The molecule has 1 aliphatic rings. The molecule has 0 aromatic carbocycles. The maximum Gasteiger partial charge on any atom is 0.209 e. The summed E-state index contributed by atoms with van der Waals surface area (Å²) in [6.07, 6.45) is 3.70. The molecule has 1 aliphatic heterocycles.